The zero-order chi connectivity index (χ0) is 15.4. The first-order valence-corrected chi connectivity index (χ1v) is 6.78. The molecule has 3 heteroatoms. The summed E-state index contributed by atoms with van der Waals surface area (Å²) in [5.74, 6) is -0.448. The third-order valence-electron chi connectivity index (χ3n) is 3.39. The SMILES string of the molecule is Cc1ccc(NC=CC(=O)c2ccc(C)c(C)c2)c(F)c1. The van der Waals surface area contributed by atoms with E-state index in [2.05, 4.69) is 5.32 Å². The molecule has 0 aromatic heterocycles. The molecule has 21 heavy (non-hydrogen) atoms. The van der Waals surface area contributed by atoms with Crippen LogP contribution in [-0.2, 0) is 0 Å². The van der Waals surface area contributed by atoms with Gasteiger partial charge >= 0.3 is 0 Å². The van der Waals surface area contributed by atoms with Crippen LogP contribution in [0.1, 0.15) is 27.0 Å². The van der Waals surface area contributed by atoms with E-state index in [1.165, 1.54) is 18.3 Å². The highest BCUT2D eigenvalue weighted by Crippen LogP contribution is 2.15. The zero-order valence-corrected chi connectivity index (χ0v) is 12.4. The van der Waals surface area contributed by atoms with Gasteiger partial charge in [0.25, 0.3) is 0 Å². The number of hydrogen-bond donors (Lipinski definition) is 1. The molecule has 2 nitrogen and oxygen atoms in total. The second-order valence-electron chi connectivity index (χ2n) is 5.12. The summed E-state index contributed by atoms with van der Waals surface area (Å²) in [5.41, 5.74) is 4.06. The van der Waals surface area contributed by atoms with Crippen molar-refractivity contribution in [3.8, 4) is 0 Å². The molecule has 0 amide bonds. The predicted octanol–water partition coefficient (Wildman–Crippen LogP) is 4.56. The molecule has 0 spiro atoms. The summed E-state index contributed by atoms with van der Waals surface area (Å²) in [7, 11) is 0. The van der Waals surface area contributed by atoms with Crippen LogP contribution in [0.2, 0.25) is 0 Å². The normalized spacial score (nSPS) is 10.9. The number of nitrogens with one attached hydrogen (secondary N) is 1. The van der Waals surface area contributed by atoms with Crippen LogP contribution < -0.4 is 5.32 Å². The Morgan fingerprint density at radius 1 is 1.05 bits per heavy atom. The van der Waals surface area contributed by atoms with E-state index in [0.717, 1.165) is 16.7 Å². The van der Waals surface area contributed by atoms with Gasteiger partial charge in [0.15, 0.2) is 5.78 Å². The highest BCUT2D eigenvalue weighted by atomic mass is 19.1. The van der Waals surface area contributed by atoms with Gasteiger partial charge in [-0.1, -0.05) is 18.2 Å². The van der Waals surface area contributed by atoms with Crippen molar-refractivity contribution in [1.82, 2.24) is 0 Å². The lowest BCUT2D eigenvalue weighted by molar-refractivity contribution is 0.104. The molecule has 0 heterocycles. The quantitative estimate of drug-likeness (QED) is 0.658. The fourth-order valence-electron chi connectivity index (χ4n) is 1.94. The standard InChI is InChI=1S/C18H18FNO/c1-12-4-7-17(16(19)10-12)20-9-8-18(21)15-6-5-13(2)14(3)11-15/h4-11,20H,1-3H3. The van der Waals surface area contributed by atoms with Crippen LogP contribution in [0.5, 0.6) is 0 Å². The van der Waals surface area contributed by atoms with E-state index < -0.39 is 0 Å². The summed E-state index contributed by atoms with van der Waals surface area (Å²) in [6.07, 6.45) is 2.87. The maximum absolute atomic E-state index is 13.6. The first-order valence-electron chi connectivity index (χ1n) is 6.78. The van der Waals surface area contributed by atoms with Crippen LogP contribution in [0.15, 0.2) is 48.7 Å². The van der Waals surface area contributed by atoms with Crippen LogP contribution in [0.25, 0.3) is 0 Å². The van der Waals surface area contributed by atoms with E-state index in [-0.39, 0.29) is 11.6 Å². The fourth-order valence-corrected chi connectivity index (χ4v) is 1.94. The lowest BCUT2D eigenvalue weighted by atomic mass is 10.0. The Labute approximate surface area is 124 Å². The van der Waals surface area contributed by atoms with Crippen molar-refractivity contribution in [2.24, 2.45) is 0 Å². The summed E-state index contributed by atoms with van der Waals surface area (Å²) in [5, 5.41) is 2.79. The van der Waals surface area contributed by atoms with Gasteiger partial charge < -0.3 is 5.32 Å². The molecule has 1 N–H and O–H groups in total. The van der Waals surface area contributed by atoms with Crippen molar-refractivity contribution in [2.75, 3.05) is 5.32 Å². The van der Waals surface area contributed by atoms with E-state index >= 15 is 0 Å². The smallest absolute Gasteiger partial charge is 0.187 e. The third-order valence-corrected chi connectivity index (χ3v) is 3.39. The number of hydrogen-bond acceptors (Lipinski definition) is 2. The summed E-state index contributed by atoms with van der Waals surface area (Å²) in [6, 6.07) is 10.5. The number of allylic oxidation sites excluding steroid dienone is 1. The number of aryl methyl sites for hydroxylation is 3. The van der Waals surface area contributed by atoms with Crippen LogP contribution >= 0.6 is 0 Å². The van der Waals surface area contributed by atoms with Crippen molar-refractivity contribution >= 4 is 11.5 Å². The van der Waals surface area contributed by atoms with Crippen molar-refractivity contribution in [1.29, 1.82) is 0 Å². The Hall–Kier alpha value is -2.42. The monoisotopic (exact) mass is 283 g/mol. The molecule has 108 valence electrons. The Kier molecular flexibility index (Phi) is 4.53. The van der Waals surface area contributed by atoms with Gasteiger partial charge in [0.05, 0.1) is 5.69 Å². The van der Waals surface area contributed by atoms with Crippen molar-refractivity contribution in [2.45, 2.75) is 20.8 Å². The molecular weight excluding hydrogens is 265 g/mol. The first-order chi connectivity index (χ1) is 9.97. The highest BCUT2D eigenvalue weighted by Gasteiger charge is 2.04. The molecule has 2 aromatic carbocycles. The van der Waals surface area contributed by atoms with Gasteiger partial charge in [-0.3, -0.25) is 4.79 Å². The van der Waals surface area contributed by atoms with Crippen LogP contribution in [0.3, 0.4) is 0 Å². The Balaban J connectivity index is 2.06. The minimum Gasteiger partial charge on any atom is -0.359 e. The van der Waals surface area contributed by atoms with Gasteiger partial charge in [0, 0.05) is 17.8 Å². The molecule has 2 aromatic rings. The molecule has 0 atom stereocenters. The van der Waals surface area contributed by atoms with Gasteiger partial charge in [-0.05, 0) is 55.7 Å². The number of carbonyl (C=O) groups excluding carboxylic acids is 1. The van der Waals surface area contributed by atoms with Gasteiger partial charge in [-0.15, -0.1) is 0 Å². The fraction of sp³-hybridized carbons (Fsp3) is 0.167. The van der Waals surface area contributed by atoms with Gasteiger partial charge in [-0.25, -0.2) is 4.39 Å². The molecular formula is C18H18FNO. The molecule has 0 aliphatic rings. The first kappa shape index (κ1) is 15.0. The Morgan fingerprint density at radius 2 is 1.81 bits per heavy atom. The molecule has 0 aliphatic heterocycles. The van der Waals surface area contributed by atoms with Crippen LogP contribution in [0.4, 0.5) is 10.1 Å². The zero-order valence-electron chi connectivity index (χ0n) is 12.4. The van der Waals surface area contributed by atoms with Gasteiger partial charge in [-0.2, -0.15) is 0 Å². The summed E-state index contributed by atoms with van der Waals surface area (Å²) < 4.78 is 13.6. The van der Waals surface area contributed by atoms with Crippen molar-refractivity contribution < 1.29 is 9.18 Å². The van der Waals surface area contributed by atoms with Crippen LogP contribution in [0, 0.1) is 26.6 Å². The van der Waals surface area contributed by atoms with Gasteiger partial charge in [0.1, 0.15) is 5.82 Å². The van der Waals surface area contributed by atoms with E-state index in [1.54, 1.807) is 12.1 Å². The van der Waals surface area contributed by atoms with Gasteiger partial charge in [0.2, 0.25) is 0 Å². The summed E-state index contributed by atoms with van der Waals surface area (Å²) in [6.45, 7) is 5.79. The molecule has 0 fully saturated rings. The van der Waals surface area contributed by atoms with E-state index in [4.69, 9.17) is 0 Å². The lowest BCUT2D eigenvalue weighted by Crippen LogP contribution is -1.98. The molecule has 0 aliphatic carbocycles. The van der Waals surface area contributed by atoms with Crippen molar-refractivity contribution in [3.05, 3.63) is 76.7 Å². The number of halogens is 1. The molecule has 0 bridgehead atoms. The molecule has 0 saturated carbocycles. The number of anilines is 1. The number of benzene rings is 2. The topological polar surface area (TPSA) is 29.1 Å². The number of carbonyl (C=O) groups is 1. The number of rotatable bonds is 4. The summed E-state index contributed by atoms with van der Waals surface area (Å²) in [4.78, 5) is 12.0. The minimum atomic E-state index is -0.335. The molecule has 0 unspecified atom stereocenters. The number of ketones is 1. The third kappa shape index (κ3) is 3.78. The van der Waals surface area contributed by atoms with Crippen molar-refractivity contribution in [3.63, 3.8) is 0 Å². The predicted molar refractivity (Wildman–Crippen MR) is 84.1 cm³/mol. The Morgan fingerprint density at radius 3 is 2.48 bits per heavy atom. The molecule has 0 saturated heterocycles. The van der Waals surface area contributed by atoms with Crippen LogP contribution in [-0.4, -0.2) is 5.78 Å². The Bertz CT molecular complexity index is 704. The summed E-state index contributed by atoms with van der Waals surface area (Å²) >= 11 is 0. The average molecular weight is 283 g/mol. The maximum atomic E-state index is 13.6. The van der Waals surface area contributed by atoms with E-state index in [1.807, 2.05) is 39.0 Å². The van der Waals surface area contributed by atoms with E-state index in [0.29, 0.717) is 11.3 Å². The largest absolute Gasteiger partial charge is 0.359 e. The van der Waals surface area contributed by atoms with E-state index in [9.17, 15) is 9.18 Å². The highest BCUT2D eigenvalue weighted by molar-refractivity contribution is 6.04. The minimum absolute atomic E-state index is 0.113. The second-order valence-corrected chi connectivity index (χ2v) is 5.12. The lowest BCUT2D eigenvalue weighted by Gasteiger charge is -2.04. The maximum Gasteiger partial charge on any atom is 0.187 e. The average Bonchev–Trinajstić information content (AvgIpc) is 2.44. The second kappa shape index (κ2) is 6.35. The molecule has 2 rings (SSSR count). The molecule has 0 radical (unpaired) electrons.